The molecule has 12 heteroatoms. The van der Waals surface area contributed by atoms with Crippen molar-refractivity contribution in [2.45, 2.75) is 58.7 Å². The summed E-state index contributed by atoms with van der Waals surface area (Å²) in [5, 5.41) is 5.27. The Kier molecular flexibility index (Phi) is 6.99. The number of piperazine rings is 1. The number of ether oxygens (including phenoxy) is 1. The number of nitrogens with one attached hydrogen (secondary N) is 1. The lowest BCUT2D eigenvalue weighted by Gasteiger charge is -2.42. The quantitative estimate of drug-likeness (QED) is 0.367. The van der Waals surface area contributed by atoms with E-state index in [1.165, 1.54) is 0 Å². The van der Waals surface area contributed by atoms with Crippen molar-refractivity contribution in [3.63, 3.8) is 0 Å². The summed E-state index contributed by atoms with van der Waals surface area (Å²) in [5.41, 5.74) is 1.56. The normalized spacial score (nSPS) is 18.4. The average molecular weight is 591 g/mol. The zero-order valence-electron chi connectivity index (χ0n) is 25.0. The highest BCUT2D eigenvalue weighted by Gasteiger charge is 2.39. The Morgan fingerprint density at radius 2 is 1.83 bits per heavy atom. The number of hydrogen-bond acceptors (Lipinski definition) is 9. The first-order chi connectivity index (χ1) is 19.9. The van der Waals surface area contributed by atoms with Crippen LogP contribution in [0.4, 0.5) is 16.6 Å². The van der Waals surface area contributed by atoms with E-state index < -0.39 is 11.1 Å². The molecular weight excluding hydrogens is 552 g/mol. The maximum atomic E-state index is 13.3. The Labute approximate surface area is 249 Å². The highest BCUT2D eigenvalue weighted by atomic mass is 32.1. The standard InChI is InChI=1S/C30H38N8O3S/c1-19-16-35(28(40)41-29(2,3)4)12-13-37(19)27-32-21-10-14-42-24(21)25(33-27)36-17-20(18-36)26(39)34-30(5,6)22-15-31-23-9-7-8-11-38(22)23/h7-11,14-15,19-20H,12-13,16-18H2,1-6H3,(H,34,39). The molecule has 0 saturated carbocycles. The van der Waals surface area contributed by atoms with E-state index in [9.17, 15) is 9.59 Å². The van der Waals surface area contributed by atoms with Crippen LogP contribution >= 0.6 is 11.3 Å². The van der Waals surface area contributed by atoms with Crippen LogP contribution in [0, 0.1) is 5.92 Å². The number of thiophene rings is 1. The van der Waals surface area contributed by atoms with Gasteiger partial charge in [0.15, 0.2) is 5.82 Å². The summed E-state index contributed by atoms with van der Waals surface area (Å²) in [5.74, 6) is 1.38. The van der Waals surface area contributed by atoms with Gasteiger partial charge in [-0.3, -0.25) is 4.79 Å². The summed E-state index contributed by atoms with van der Waals surface area (Å²) in [4.78, 5) is 46.4. The number of imidazole rings is 1. The number of fused-ring (bicyclic) bond motifs is 2. The second kappa shape index (κ2) is 10.4. The molecule has 4 aromatic rings. The number of amides is 2. The van der Waals surface area contributed by atoms with Gasteiger partial charge in [0.05, 0.1) is 33.6 Å². The molecule has 11 nitrogen and oxygen atoms in total. The van der Waals surface area contributed by atoms with Gasteiger partial charge >= 0.3 is 6.09 Å². The van der Waals surface area contributed by atoms with Crippen molar-refractivity contribution < 1.29 is 14.3 Å². The van der Waals surface area contributed by atoms with Gasteiger partial charge in [0.25, 0.3) is 0 Å². The summed E-state index contributed by atoms with van der Waals surface area (Å²) in [6, 6.07) is 7.90. The number of carbonyl (C=O) groups excluding carboxylic acids is 2. The van der Waals surface area contributed by atoms with Gasteiger partial charge in [0.1, 0.15) is 11.2 Å². The smallest absolute Gasteiger partial charge is 0.410 e. The van der Waals surface area contributed by atoms with Crippen molar-refractivity contribution in [3.05, 3.63) is 47.7 Å². The summed E-state index contributed by atoms with van der Waals surface area (Å²) >= 11 is 1.61. The predicted octanol–water partition coefficient (Wildman–Crippen LogP) is 4.27. The van der Waals surface area contributed by atoms with Gasteiger partial charge in [0, 0.05) is 45.0 Å². The van der Waals surface area contributed by atoms with Crippen molar-refractivity contribution in [1.29, 1.82) is 0 Å². The third-order valence-electron chi connectivity index (χ3n) is 7.85. The van der Waals surface area contributed by atoms with Gasteiger partial charge in [0.2, 0.25) is 11.9 Å². The summed E-state index contributed by atoms with van der Waals surface area (Å²) < 4.78 is 8.61. The molecule has 1 atom stereocenters. The fourth-order valence-corrected chi connectivity index (χ4v) is 6.46. The molecule has 2 fully saturated rings. The third kappa shape index (κ3) is 5.35. The SMILES string of the molecule is CC1CN(C(=O)OC(C)(C)C)CCN1c1nc(N2CC(C(=O)NC(C)(C)c3cnc4ccccn34)C2)c2sccc2n1. The van der Waals surface area contributed by atoms with Crippen LogP contribution in [0.2, 0.25) is 0 Å². The van der Waals surface area contributed by atoms with Crippen LogP contribution in [-0.2, 0) is 15.1 Å². The fourth-order valence-electron chi connectivity index (χ4n) is 5.61. The third-order valence-corrected chi connectivity index (χ3v) is 8.75. The van der Waals surface area contributed by atoms with Crippen molar-refractivity contribution in [1.82, 2.24) is 29.6 Å². The Hall–Kier alpha value is -3.93. The topological polar surface area (TPSA) is 108 Å². The molecule has 2 aliphatic rings. The molecule has 0 aromatic carbocycles. The second-order valence-electron chi connectivity index (χ2n) is 12.7. The summed E-state index contributed by atoms with van der Waals surface area (Å²) in [6.45, 7) is 14.6. The summed E-state index contributed by atoms with van der Waals surface area (Å²) in [6.07, 6.45) is 3.50. The van der Waals surface area contributed by atoms with E-state index in [4.69, 9.17) is 14.7 Å². The van der Waals surface area contributed by atoms with Crippen LogP contribution in [0.1, 0.15) is 47.2 Å². The fraction of sp³-hybridized carbons (Fsp3) is 0.500. The molecule has 0 spiro atoms. The van der Waals surface area contributed by atoms with Crippen LogP contribution in [0.15, 0.2) is 42.0 Å². The molecule has 2 aliphatic heterocycles. The van der Waals surface area contributed by atoms with Gasteiger partial charge in [-0.2, -0.15) is 4.98 Å². The molecule has 222 valence electrons. The van der Waals surface area contributed by atoms with Crippen LogP contribution in [0.5, 0.6) is 0 Å². The molecule has 2 saturated heterocycles. The highest BCUT2D eigenvalue weighted by molar-refractivity contribution is 7.17. The molecule has 0 bridgehead atoms. The van der Waals surface area contributed by atoms with E-state index in [1.54, 1.807) is 16.2 Å². The minimum Gasteiger partial charge on any atom is -0.444 e. The maximum absolute atomic E-state index is 13.3. The Balaban J connectivity index is 1.14. The largest absolute Gasteiger partial charge is 0.444 e. The molecule has 0 radical (unpaired) electrons. The van der Waals surface area contributed by atoms with Gasteiger partial charge in [-0.15, -0.1) is 11.3 Å². The summed E-state index contributed by atoms with van der Waals surface area (Å²) in [7, 11) is 0. The minimum absolute atomic E-state index is 0.0192. The number of rotatable bonds is 5. The van der Waals surface area contributed by atoms with Crippen molar-refractivity contribution in [2.24, 2.45) is 5.92 Å². The maximum Gasteiger partial charge on any atom is 0.410 e. The van der Waals surface area contributed by atoms with Crippen LogP contribution in [0.25, 0.3) is 15.9 Å². The van der Waals surface area contributed by atoms with Crippen molar-refractivity contribution >= 4 is 51.0 Å². The van der Waals surface area contributed by atoms with E-state index in [-0.39, 0.29) is 24.0 Å². The average Bonchev–Trinajstić information content (AvgIpc) is 3.54. The van der Waals surface area contributed by atoms with E-state index in [0.29, 0.717) is 38.7 Å². The van der Waals surface area contributed by atoms with E-state index in [1.807, 2.05) is 81.1 Å². The predicted molar refractivity (Wildman–Crippen MR) is 164 cm³/mol. The molecular formula is C30H38N8O3S. The number of carbonyl (C=O) groups is 2. The van der Waals surface area contributed by atoms with Crippen molar-refractivity contribution in [3.8, 4) is 0 Å². The highest BCUT2D eigenvalue weighted by Crippen LogP contribution is 2.35. The molecule has 1 unspecified atom stereocenters. The Bertz CT molecular complexity index is 1630. The van der Waals surface area contributed by atoms with Gasteiger partial charge < -0.3 is 29.2 Å². The zero-order chi connectivity index (χ0) is 29.8. The molecule has 1 N–H and O–H groups in total. The monoisotopic (exact) mass is 590 g/mol. The molecule has 2 amide bonds. The van der Waals surface area contributed by atoms with Crippen LogP contribution in [0.3, 0.4) is 0 Å². The minimum atomic E-state index is -0.584. The molecule has 6 heterocycles. The first-order valence-corrected chi connectivity index (χ1v) is 15.3. The number of anilines is 2. The van der Waals surface area contributed by atoms with E-state index in [2.05, 4.69) is 27.0 Å². The van der Waals surface area contributed by atoms with Crippen LogP contribution < -0.4 is 15.1 Å². The van der Waals surface area contributed by atoms with Gasteiger partial charge in [-0.1, -0.05) is 6.07 Å². The molecule has 0 aliphatic carbocycles. The van der Waals surface area contributed by atoms with Gasteiger partial charge in [-0.25, -0.2) is 14.8 Å². The van der Waals surface area contributed by atoms with Crippen molar-refractivity contribution in [2.75, 3.05) is 42.5 Å². The van der Waals surface area contributed by atoms with Gasteiger partial charge in [-0.05, 0) is 65.1 Å². The zero-order valence-corrected chi connectivity index (χ0v) is 25.8. The molecule has 42 heavy (non-hydrogen) atoms. The lowest BCUT2D eigenvalue weighted by Crippen LogP contribution is -2.57. The number of hydrogen-bond donors (Lipinski definition) is 1. The second-order valence-corrected chi connectivity index (χ2v) is 13.7. The Morgan fingerprint density at radius 3 is 2.57 bits per heavy atom. The first kappa shape index (κ1) is 28.2. The number of pyridine rings is 1. The van der Waals surface area contributed by atoms with E-state index >= 15 is 0 Å². The first-order valence-electron chi connectivity index (χ1n) is 14.4. The Morgan fingerprint density at radius 1 is 1.05 bits per heavy atom. The number of nitrogens with zero attached hydrogens (tertiary/aromatic N) is 7. The lowest BCUT2D eigenvalue weighted by atomic mass is 9.95. The number of aromatic nitrogens is 4. The van der Waals surface area contributed by atoms with E-state index in [0.717, 1.165) is 27.4 Å². The molecule has 6 rings (SSSR count). The van der Waals surface area contributed by atoms with Crippen LogP contribution in [-0.4, -0.2) is 80.6 Å². The molecule has 4 aromatic heterocycles. The lowest BCUT2D eigenvalue weighted by molar-refractivity contribution is -0.127.